The van der Waals surface area contributed by atoms with Gasteiger partial charge in [-0.05, 0) is 24.5 Å². The third kappa shape index (κ3) is 4.49. The fourth-order valence-corrected chi connectivity index (χ4v) is 3.13. The Morgan fingerprint density at radius 1 is 1.10 bits per heavy atom. The zero-order valence-corrected chi connectivity index (χ0v) is 13.2. The van der Waals surface area contributed by atoms with Gasteiger partial charge in [0.1, 0.15) is 12.4 Å². The second kappa shape index (κ2) is 8.08. The van der Waals surface area contributed by atoms with Crippen LogP contribution in [-0.4, -0.2) is 6.61 Å². The van der Waals surface area contributed by atoms with Gasteiger partial charge < -0.3 is 4.74 Å². The van der Waals surface area contributed by atoms with Crippen molar-refractivity contribution in [2.45, 2.75) is 64.7 Å². The number of hydrogen-bond acceptors (Lipinski definition) is 2. The molecule has 0 saturated carbocycles. The van der Waals surface area contributed by atoms with Gasteiger partial charge in [-0.25, -0.2) is 0 Å². The Labute approximate surface area is 129 Å². The van der Waals surface area contributed by atoms with Crippen molar-refractivity contribution in [3.05, 3.63) is 29.8 Å². The summed E-state index contributed by atoms with van der Waals surface area (Å²) >= 11 is 0. The number of unbranched alkanes of at least 4 members (excludes halogenated alkanes) is 6. The molecule has 0 spiro atoms. The lowest BCUT2D eigenvalue weighted by Gasteiger charge is -2.32. The molecular weight excluding hydrogens is 258 g/mol. The van der Waals surface area contributed by atoms with E-state index in [9.17, 15) is 5.26 Å². The molecule has 1 heterocycles. The van der Waals surface area contributed by atoms with Crippen LogP contribution in [-0.2, 0) is 6.42 Å². The Kier molecular flexibility index (Phi) is 6.11. The van der Waals surface area contributed by atoms with Gasteiger partial charge in [-0.3, -0.25) is 0 Å². The zero-order chi connectivity index (χ0) is 15.0. The van der Waals surface area contributed by atoms with Gasteiger partial charge in [-0.15, -0.1) is 0 Å². The highest BCUT2D eigenvalue weighted by Gasteiger charge is 2.35. The average Bonchev–Trinajstić information content (AvgIpc) is 2.54. The average molecular weight is 285 g/mol. The molecule has 0 bridgehead atoms. The van der Waals surface area contributed by atoms with Crippen molar-refractivity contribution in [3.63, 3.8) is 0 Å². The molecule has 0 radical (unpaired) electrons. The van der Waals surface area contributed by atoms with Gasteiger partial charge in [0, 0.05) is 0 Å². The SMILES string of the molecule is CCCCCCCCCC1(C#N)COc2ccccc2C1. The summed E-state index contributed by atoms with van der Waals surface area (Å²) in [5.41, 5.74) is 0.880. The largest absolute Gasteiger partial charge is 0.492 e. The Balaban J connectivity index is 1.77. The lowest BCUT2D eigenvalue weighted by molar-refractivity contribution is 0.157. The first kappa shape index (κ1) is 15.9. The summed E-state index contributed by atoms with van der Waals surface area (Å²) in [7, 11) is 0. The van der Waals surface area contributed by atoms with Gasteiger partial charge in [-0.2, -0.15) is 5.26 Å². The van der Waals surface area contributed by atoms with Crippen LogP contribution in [0.1, 0.15) is 63.9 Å². The fraction of sp³-hybridized carbons (Fsp3) is 0.632. The number of nitriles is 1. The van der Waals surface area contributed by atoms with E-state index in [1.807, 2.05) is 18.2 Å². The van der Waals surface area contributed by atoms with E-state index in [0.29, 0.717) is 6.61 Å². The third-order valence-electron chi connectivity index (χ3n) is 4.50. The van der Waals surface area contributed by atoms with Crippen LogP contribution < -0.4 is 4.74 Å². The highest BCUT2D eigenvalue weighted by atomic mass is 16.5. The number of hydrogen-bond donors (Lipinski definition) is 0. The van der Waals surface area contributed by atoms with E-state index in [-0.39, 0.29) is 5.41 Å². The molecule has 2 rings (SSSR count). The summed E-state index contributed by atoms with van der Waals surface area (Å²) in [5.74, 6) is 0.961. The van der Waals surface area contributed by atoms with Crippen molar-refractivity contribution in [1.82, 2.24) is 0 Å². The van der Waals surface area contributed by atoms with Crippen molar-refractivity contribution in [2.24, 2.45) is 5.41 Å². The molecule has 0 aromatic heterocycles. The van der Waals surface area contributed by atoms with Crippen LogP contribution in [0.15, 0.2) is 24.3 Å². The molecule has 21 heavy (non-hydrogen) atoms. The predicted molar refractivity (Wildman–Crippen MR) is 86.3 cm³/mol. The summed E-state index contributed by atoms with van der Waals surface area (Å²) in [6.45, 7) is 2.80. The standard InChI is InChI=1S/C19H27NO/c1-2-3-4-5-6-7-10-13-19(15-20)14-17-11-8-9-12-18(17)21-16-19/h8-9,11-12H,2-7,10,13-14,16H2,1H3. The first-order valence-corrected chi connectivity index (χ1v) is 8.42. The maximum atomic E-state index is 9.61. The summed E-state index contributed by atoms with van der Waals surface area (Å²) in [5, 5.41) is 9.61. The van der Waals surface area contributed by atoms with Crippen molar-refractivity contribution in [2.75, 3.05) is 6.61 Å². The minimum Gasteiger partial charge on any atom is -0.492 e. The van der Waals surface area contributed by atoms with E-state index < -0.39 is 0 Å². The van der Waals surface area contributed by atoms with Crippen molar-refractivity contribution >= 4 is 0 Å². The molecular formula is C19H27NO. The molecule has 1 aromatic carbocycles. The van der Waals surface area contributed by atoms with Crippen molar-refractivity contribution in [1.29, 1.82) is 5.26 Å². The highest BCUT2D eigenvalue weighted by molar-refractivity contribution is 5.37. The van der Waals surface area contributed by atoms with Crippen LogP contribution in [0.4, 0.5) is 0 Å². The maximum Gasteiger partial charge on any atom is 0.122 e. The molecule has 0 amide bonds. The van der Waals surface area contributed by atoms with E-state index in [1.165, 1.54) is 44.1 Å². The molecule has 0 saturated heterocycles. The summed E-state index contributed by atoms with van der Waals surface area (Å²) in [6, 6.07) is 10.7. The van der Waals surface area contributed by atoms with Crippen LogP contribution >= 0.6 is 0 Å². The molecule has 1 aromatic rings. The summed E-state index contributed by atoms with van der Waals surface area (Å²) in [6.07, 6.45) is 10.9. The highest BCUT2D eigenvalue weighted by Crippen LogP contribution is 2.37. The van der Waals surface area contributed by atoms with Crippen LogP contribution in [0.5, 0.6) is 5.75 Å². The maximum absolute atomic E-state index is 9.61. The Morgan fingerprint density at radius 2 is 1.81 bits per heavy atom. The number of ether oxygens (including phenoxy) is 1. The van der Waals surface area contributed by atoms with E-state index >= 15 is 0 Å². The lowest BCUT2D eigenvalue weighted by Crippen LogP contribution is -2.33. The van der Waals surface area contributed by atoms with Crippen molar-refractivity contribution < 1.29 is 4.74 Å². The molecule has 114 valence electrons. The number of nitrogens with zero attached hydrogens (tertiary/aromatic N) is 1. The lowest BCUT2D eigenvalue weighted by atomic mass is 9.77. The minimum atomic E-state index is -0.308. The molecule has 0 aliphatic carbocycles. The second-order valence-electron chi connectivity index (χ2n) is 6.34. The Bertz CT molecular complexity index is 477. The zero-order valence-electron chi connectivity index (χ0n) is 13.2. The molecule has 1 aliphatic rings. The topological polar surface area (TPSA) is 33.0 Å². The van der Waals surface area contributed by atoms with Gasteiger partial charge in [0.15, 0.2) is 0 Å². The molecule has 1 atom stereocenters. The summed E-state index contributed by atoms with van der Waals surface area (Å²) < 4.78 is 5.82. The first-order valence-electron chi connectivity index (χ1n) is 8.42. The van der Waals surface area contributed by atoms with E-state index in [4.69, 9.17) is 4.74 Å². The van der Waals surface area contributed by atoms with E-state index in [0.717, 1.165) is 25.0 Å². The van der Waals surface area contributed by atoms with E-state index in [2.05, 4.69) is 19.1 Å². The fourth-order valence-electron chi connectivity index (χ4n) is 3.13. The molecule has 2 nitrogen and oxygen atoms in total. The monoisotopic (exact) mass is 285 g/mol. The predicted octanol–water partition coefficient (Wildman–Crippen LogP) is 5.27. The second-order valence-corrected chi connectivity index (χ2v) is 6.34. The quantitative estimate of drug-likeness (QED) is 0.609. The smallest absolute Gasteiger partial charge is 0.122 e. The first-order chi connectivity index (χ1) is 10.3. The van der Waals surface area contributed by atoms with E-state index in [1.54, 1.807) is 0 Å². The van der Waals surface area contributed by atoms with Gasteiger partial charge in [0.25, 0.3) is 0 Å². The molecule has 1 aliphatic heterocycles. The molecule has 0 fully saturated rings. The van der Waals surface area contributed by atoms with Gasteiger partial charge in [0.05, 0.1) is 11.5 Å². The number of fused-ring (bicyclic) bond motifs is 1. The Hall–Kier alpha value is -1.49. The van der Waals surface area contributed by atoms with Gasteiger partial charge in [-0.1, -0.05) is 70.1 Å². The number of para-hydroxylation sites is 1. The normalized spacial score (nSPS) is 20.4. The van der Waals surface area contributed by atoms with Crippen LogP contribution in [0.2, 0.25) is 0 Å². The van der Waals surface area contributed by atoms with Crippen molar-refractivity contribution in [3.8, 4) is 11.8 Å². The van der Waals surface area contributed by atoms with Crippen LogP contribution in [0.25, 0.3) is 0 Å². The van der Waals surface area contributed by atoms with Gasteiger partial charge >= 0.3 is 0 Å². The minimum absolute atomic E-state index is 0.308. The van der Waals surface area contributed by atoms with Crippen LogP contribution in [0, 0.1) is 16.7 Å². The summed E-state index contributed by atoms with van der Waals surface area (Å²) in [4.78, 5) is 0. The van der Waals surface area contributed by atoms with Gasteiger partial charge in [0.2, 0.25) is 0 Å². The van der Waals surface area contributed by atoms with Crippen LogP contribution in [0.3, 0.4) is 0 Å². The molecule has 2 heteroatoms. The third-order valence-corrected chi connectivity index (χ3v) is 4.50. The number of rotatable bonds is 8. The molecule has 0 N–H and O–H groups in total. The Morgan fingerprint density at radius 3 is 2.57 bits per heavy atom. The number of benzene rings is 1. The molecule has 1 unspecified atom stereocenters.